The maximum Gasteiger partial charge on any atom is 0.191 e. The molecule has 0 saturated carbocycles. The molecule has 1 saturated heterocycles. The number of hydrogen-bond donors (Lipinski definition) is 2. The van der Waals surface area contributed by atoms with Crippen LogP contribution in [0.5, 0.6) is 0 Å². The predicted octanol–water partition coefficient (Wildman–Crippen LogP) is 2.24. The summed E-state index contributed by atoms with van der Waals surface area (Å²) in [5.41, 5.74) is 2.30. The quantitative estimate of drug-likeness (QED) is 0.299. The summed E-state index contributed by atoms with van der Waals surface area (Å²) in [5.74, 6) is 0.881. The summed E-state index contributed by atoms with van der Waals surface area (Å²) in [6.45, 7) is 10.5. The van der Waals surface area contributed by atoms with Crippen LogP contribution < -0.4 is 10.6 Å². The summed E-state index contributed by atoms with van der Waals surface area (Å²) >= 11 is 0. The average Bonchev–Trinajstić information content (AvgIpc) is 3.10. The van der Waals surface area contributed by atoms with Crippen LogP contribution in [0.1, 0.15) is 37.6 Å². The molecule has 7 heteroatoms. The molecule has 1 unspecified atom stereocenters. The molecule has 0 amide bonds. The molecule has 1 aromatic heterocycles. The number of nitrogens with one attached hydrogen (secondary N) is 2. The van der Waals surface area contributed by atoms with Crippen molar-refractivity contribution in [2.45, 2.75) is 52.7 Å². The van der Waals surface area contributed by atoms with Gasteiger partial charge in [0.15, 0.2) is 5.96 Å². The molecule has 1 aliphatic heterocycles. The molecule has 23 heavy (non-hydrogen) atoms. The molecule has 1 aliphatic rings. The van der Waals surface area contributed by atoms with E-state index in [1.807, 2.05) is 6.92 Å². The normalized spacial score (nSPS) is 17.9. The summed E-state index contributed by atoms with van der Waals surface area (Å²) in [6, 6.07) is 2.11. The molecule has 0 bridgehead atoms. The Kier molecular flexibility index (Phi) is 9.54. The van der Waals surface area contributed by atoms with Gasteiger partial charge >= 0.3 is 0 Å². The minimum absolute atomic E-state index is 0. The highest BCUT2D eigenvalue weighted by molar-refractivity contribution is 14.0. The van der Waals surface area contributed by atoms with Crippen molar-refractivity contribution in [1.29, 1.82) is 0 Å². The molecule has 2 N–H and O–H groups in total. The van der Waals surface area contributed by atoms with Crippen molar-refractivity contribution in [3.8, 4) is 0 Å². The molecule has 2 heterocycles. The summed E-state index contributed by atoms with van der Waals surface area (Å²) in [5, 5.41) is 11.1. The molecule has 1 fully saturated rings. The van der Waals surface area contributed by atoms with Gasteiger partial charge in [-0.2, -0.15) is 5.10 Å². The molecule has 0 spiro atoms. The standard InChI is InChI=1S/C16H29N5O.HI/c1-4-17-16(19-12-15-7-5-10-22-15)18-8-6-9-21-14(3)11-13(2)20-21;/h11,15H,4-10,12H2,1-3H3,(H2,17,18,19);1H. The van der Waals surface area contributed by atoms with Crippen LogP contribution in [-0.4, -0.2) is 48.1 Å². The lowest BCUT2D eigenvalue weighted by atomic mass is 10.2. The molecule has 6 nitrogen and oxygen atoms in total. The van der Waals surface area contributed by atoms with Crippen LogP contribution in [0.15, 0.2) is 11.1 Å². The Morgan fingerprint density at radius 1 is 1.43 bits per heavy atom. The lowest BCUT2D eigenvalue weighted by Gasteiger charge is -2.13. The second kappa shape index (κ2) is 10.9. The molecule has 1 aromatic rings. The SMILES string of the molecule is CCNC(=NCC1CCCO1)NCCCn1nc(C)cc1C.I. The van der Waals surface area contributed by atoms with Gasteiger partial charge in [-0.1, -0.05) is 0 Å². The van der Waals surface area contributed by atoms with Crippen molar-refractivity contribution in [1.82, 2.24) is 20.4 Å². The van der Waals surface area contributed by atoms with Gasteiger partial charge in [0, 0.05) is 31.9 Å². The number of aryl methyl sites for hydroxylation is 3. The van der Waals surface area contributed by atoms with Crippen LogP contribution in [-0.2, 0) is 11.3 Å². The highest BCUT2D eigenvalue weighted by Gasteiger charge is 2.14. The van der Waals surface area contributed by atoms with Crippen LogP contribution in [0.2, 0.25) is 0 Å². The fraction of sp³-hybridized carbons (Fsp3) is 0.750. The van der Waals surface area contributed by atoms with Crippen LogP contribution in [0.4, 0.5) is 0 Å². The van der Waals surface area contributed by atoms with Crippen LogP contribution in [0.25, 0.3) is 0 Å². The number of aromatic nitrogens is 2. The van der Waals surface area contributed by atoms with Gasteiger partial charge in [0.1, 0.15) is 0 Å². The number of rotatable bonds is 7. The highest BCUT2D eigenvalue weighted by atomic mass is 127. The van der Waals surface area contributed by atoms with Crippen molar-refractivity contribution < 1.29 is 4.74 Å². The smallest absolute Gasteiger partial charge is 0.191 e. The van der Waals surface area contributed by atoms with E-state index in [9.17, 15) is 0 Å². The predicted molar refractivity (Wildman–Crippen MR) is 105 cm³/mol. The van der Waals surface area contributed by atoms with E-state index >= 15 is 0 Å². The molecule has 132 valence electrons. The fourth-order valence-corrected chi connectivity index (χ4v) is 2.66. The van der Waals surface area contributed by atoms with E-state index in [1.165, 1.54) is 5.69 Å². The maximum atomic E-state index is 5.61. The third kappa shape index (κ3) is 7.07. The van der Waals surface area contributed by atoms with Crippen molar-refractivity contribution in [2.75, 3.05) is 26.2 Å². The Labute approximate surface area is 156 Å². The van der Waals surface area contributed by atoms with Gasteiger partial charge in [0.25, 0.3) is 0 Å². The molecular weight excluding hydrogens is 405 g/mol. The Bertz CT molecular complexity index is 483. The van der Waals surface area contributed by atoms with Gasteiger partial charge in [-0.25, -0.2) is 0 Å². The van der Waals surface area contributed by atoms with E-state index in [1.54, 1.807) is 0 Å². The molecular formula is C16H30IN5O. The first-order valence-electron chi connectivity index (χ1n) is 8.34. The first kappa shape index (κ1) is 20.2. The summed E-state index contributed by atoms with van der Waals surface area (Å²) in [6.07, 6.45) is 3.60. The third-order valence-electron chi connectivity index (χ3n) is 3.76. The fourth-order valence-electron chi connectivity index (χ4n) is 2.66. The molecule has 0 radical (unpaired) electrons. The van der Waals surface area contributed by atoms with Gasteiger partial charge in [-0.05, 0) is 46.1 Å². The molecule has 2 rings (SSSR count). The number of nitrogens with zero attached hydrogens (tertiary/aromatic N) is 3. The Hall–Kier alpha value is -0.830. The Morgan fingerprint density at radius 3 is 2.87 bits per heavy atom. The Morgan fingerprint density at radius 2 is 2.26 bits per heavy atom. The Balaban J connectivity index is 0.00000264. The van der Waals surface area contributed by atoms with E-state index in [0.717, 1.165) is 63.7 Å². The second-order valence-corrected chi connectivity index (χ2v) is 5.79. The minimum atomic E-state index is 0. The number of ether oxygens (including phenoxy) is 1. The van der Waals surface area contributed by atoms with E-state index in [4.69, 9.17) is 4.74 Å². The first-order valence-corrected chi connectivity index (χ1v) is 8.34. The number of halogens is 1. The van der Waals surface area contributed by atoms with E-state index in [0.29, 0.717) is 6.10 Å². The van der Waals surface area contributed by atoms with Crippen molar-refractivity contribution in [2.24, 2.45) is 4.99 Å². The number of guanidine groups is 1. The number of hydrogen-bond acceptors (Lipinski definition) is 3. The first-order chi connectivity index (χ1) is 10.7. The van der Waals surface area contributed by atoms with E-state index in [2.05, 4.69) is 45.3 Å². The van der Waals surface area contributed by atoms with Crippen molar-refractivity contribution in [3.63, 3.8) is 0 Å². The van der Waals surface area contributed by atoms with Crippen LogP contribution >= 0.6 is 24.0 Å². The van der Waals surface area contributed by atoms with Gasteiger partial charge in [-0.15, -0.1) is 24.0 Å². The lowest BCUT2D eigenvalue weighted by Crippen LogP contribution is -2.38. The van der Waals surface area contributed by atoms with Gasteiger partial charge < -0.3 is 15.4 Å². The van der Waals surface area contributed by atoms with Gasteiger partial charge in [0.05, 0.1) is 18.3 Å². The van der Waals surface area contributed by atoms with Crippen LogP contribution in [0.3, 0.4) is 0 Å². The monoisotopic (exact) mass is 435 g/mol. The summed E-state index contributed by atoms with van der Waals surface area (Å²) in [7, 11) is 0. The molecule has 1 atom stereocenters. The van der Waals surface area contributed by atoms with Gasteiger partial charge in [-0.3, -0.25) is 9.67 Å². The van der Waals surface area contributed by atoms with Crippen molar-refractivity contribution >= 4 is 29.9 Å². The van der Waals surface area contributed by atoms with E-state index < -0.39 is 0 Å². The lowest BCUT2D eigenvalue weighted by molar-refractivity contribution is 0.117. The third-order valence-corrected chi connectivity index (χ3v) is 3.76. The maximum absolute atomic E-state index is 5.61. The highest BCUT2D eigenvalue weighted by Crippen LogP contribution is 2.11. The second-order valence-electron chi connectivity index (χ2n) is 5.79. The van der Waals surface area contributed by atoms with E-state index in [-0.39, 0.29) is 24.0 Å². The zero-order valence-electron chi connectivity index (χ0n) is 14.5. The summed E-state index contributed by atoms with van der Waals surface area (Å²) < 4.78 is 7.67. The average molecular weight is 435 g/mol. The van der Waals surface area contributed by atoms with Gasteiger partial charge in [0.2, 0.25) is 0 Å². The zero-order chi connectivity index (χ0) is 15.8. The summed E-state index contributed by atoms with van der Waals surface area (Å²) in [4.78, 5) is 4.61. The zero-order valence-corrected chi connectivity index (χ0v) is 16.8. The molecule has 0 aliphatic carbocycles. The molecule has 0 aromatic carbocycles. The topological polar surface area (TPSA) is 63.5 Å². The largest absolute Gasteiger partial charge is 0.376 e. The number of aliphatic imine (C=N–C) groups is 1. The minimum Gasteiger partial charge on any atom is -0.376 e. The van der Waals surface area contributed by atoms with Crippen LogP contribution in [0, 0.1) is 13.8 Å². The van der Waals surface area contributed by atoms with Crippen molar-refractivity contribution in [3.05, 3.63) is 17.5 Å².